The van der Waals surface area contributed by atoms with Crippen LogP contribution in [-0.4, -0.2) is 35.7 Å². The van der Waals surface area contributed by atoms with E-state index in [0.717, 1.165) is 0 Å². The molecule has 5 heteroatoms. The zero-order valence-corrected chi connectivity index (χ0v) is 9.95. The van der Waals surface area contributed by atoms with Crippen molar-refractivity contribution in [3.63, 3.8) is 0 Å². The zero-order valence-electron chi connectivity index (χ0n) is 9.95. The van der Waals surface area contributed by atoms with Crippen molar-refractivity contribution in [2.24, 2.45) is 11.8 Å². The highest BCUT2D eigenvalue weighted by atomic mass is 16.5. The lowest BCUT2D eigenvalue weighted by Gasteiger charge is -2.26. The molecule has 0 aromatic carbocycles. The van der Waals surface area contributed by atoms with Gasteiger partial charge in [0.15, 0.2) is 5.54 Å². The van der Waals surface area contributed by atoms with Gasteiger partial charge in [0.25, 0.3) is 0 Å². The molecule has 0 aromatic rings. The summed E-state index contributed by atoms with van der Waals surface area (Å²) < 4.78 is 5.07. The quantitative estimate of drug-likeness (QED) is 0.741. The Labute approximate surface area is 95.2 Å². The highest BCUT2D eigenvalue weighted by Gasteiger charge is 2.44. The second-order valence-corrected chi connectivity index (χ2v) is 4.71. The van der Waals surface area contributed by atoms with E-state index < -0.39 is 11.5 Å². The molecule has 1 rings (SSSR count). The van der Waals surface area contributed by atoms with Crippen molar-refractivity contribution >= 4 is 11.9 Å². The van der Waals surface area contributed by atoms with Crippen LogP contribution < -0.4 is 5.32 Å². The molecule has 92 valence electrons. The van der Waals surface area contributed by atoms with Crippen LogP contribution in [0.15, 0.2) is 0 Å². The summed E-state index contributed by atoms with van der Waals surface area (Å²) in [6.07, 6.45) is 0.332. The third-order valence-corrected chi connectivity index (χ3v) is 3.21. The van der Waals surface area contributed by atoms with E-state index >= 15 is 0 Å². The van der Waals surface area contributed by atoms with Crippen LogP contribution in [0.2, 0.25) is 0 Å². The van der Waals surface area contributed by atoms with Crippen LogP contribution in [0.5, 0.6) is 0 Å². The summed E-state index contributed by atoms with van der Waals surface area (Å²) in [4.78, 5) is 23.0. The van der Waals surface area contributed by atoms with E-state index in [1.165, 1.54) is 0 Å². The Balaban J connectivity index is 2.70. The Morgan fingerprint density at radius 2 is 2.00 bits per heavy atom. The number of hydrogen-bond acceptors (Lipinski definition) is 3. The lowest BCUT2D eigenvalue weighted by atomic mass is 9.93. The molecule has 0 spiro atoms. The first kappa shape index (κ1) is 13.0. The topological polar surface area (TPSA) is 75.6 Å². The summed E-state index contributed by atoms with van der Waals surface area (Å²) in [5, 5.41) is 11.7. The highest BCUT2D eigenvalue weighted by molar-refractivity contribution is 5.88. The van der Waals surface area contributed by atoms with Gasteiger partial charge in [0.1, 0.15) is 0 Å². The Kier molecular flexibility index (Phi) is 3.91. The first-order chi connectivity index (χ1) is 7.39. The number of carbonyl (C=O) groups is 2. The van der Waals surface area contributed by atoms with Crippen LogP contribution >= 0.6 is 0 Å². The van der Waals surface area contributed by atoms with E-state index in [2.05, 4.69) is 5.32 Å². The molecule has 1 fully saturated rings. The van der Waals surface area contributed by atoms with Crippen molar-refractivity contribution in [3.05, 3.63) is 0 Å². The summed E-state index contributed by atoms with van der Waals surface area (Å²) >= 11 is 0. The molecule has 1 amide bonds. The van der Waals surface area contributed by atoms with Gasteiger partial charge in [-0.25, -0.2) is 4.79 Å². The number of carbonyl (C=O) groups excluding carboxylic acids is 1. The van der Waals surface area contributed by atoms with Crippen molar-refractivity contribution in [1.82, 2.24) is 5.32 Å². The normalized spacial score (nSPS) is 26.8. The summed E-state index contributed by atoms with van der Waals surface area (Å²) in [5.41, 5.74) is -1.22. The van der Waals surface area contributed by atoms with Gasteiger partial charge in [-0.2, -0.15) is 0 Å². The fourth-order valence-corrected chi connectivity index (χ4v) is 1.54. The highest BCUT2D eigenvalue weighted by Crippen LogP contribution is 2.20. The smallest absolute Gasteiger partial charge is 0.331 e. The van der Waals surface area contributed by atoms with Gasteiger partial charge in [-0.3, -0.25) is 4.79 Å². The molecular formula is C11H19NO4. The van der Waals surface area contributed by atoms with Crippen molar-refractivity contribution in [1.29, 1.82) is 0 Å². The van der Waals surface area contributed by atoms with E-state index in [1.807, 2.05) is 13.8 Å². The number of nitrogens with one attached hydrogen (secondary N) is 1. The lowest BCUT2D eigenvalue weighted by molar-refractivity contribution is -0.148. The molecule has 5 nitrogen and oxygen atoms in total. The van der Waals surface area contributed by atoms with Crippen molar-refractivity contribution in [3.8, 4) is 0 Å². The predicted molar refractivity (Wildman–Crippen MR) is 57.9 cm³/mol. The number of rotatable bonds is 4. The Morgan fingerprint density at radius 3 is 2.38 bits per heavy atom. The third-order valence-electron chi connectivity index (χ3n) is 3.21. The van der Waals surface area contributed by atoms with Crippen molar-refractivity contribution in [2.45, 2.75) is 32.7 Å². The molecule has 0 saturated carbocycles. The maximum Gasteiger partial charge on any atom is 0.331 e. The van der Waals surface area contributed by atoms with Gasteiger partial charge in [0, 0.05) is 18.9 Å². The van der Waals surface area contributed by atoms with Gasteiger partial charge < -0.3 is 15.2 Å². The second-order valence-electron chi connectivity index (χ2n) is 4.71. The van der Waals surface area contributed by atoms with Gasteiger partial charge in [-0.15, -0.1) is 0 Å². The molecule has 2 unspecified atom stereocenters. The molecule has 0 aromatic heterocycles. The van der Waals surface area contributed by atoms with Crippen LogP contribution in [0.4, 0.5) is 0 Å². The number of aliphatic carboxylic acids is 1. The number of ether oxygens (including phenoxy) is 1. The summed E-state index contributed by atoms with van der Waals surface area (Å²) in [6, 6.07) is 0. The van der Waals surface area contributed by atoms with Crippen LogP contribution in [0.1, 0.15) is 27.2 Å². The van der Waals surface area contributed by atoms with Crippen LogP contribution in [0.3, 0.4) is 0 Å². The Hall–Kier alpha value is -1.10. The fraction of sp³-hybridized carbons (Fsp3) is 0.818. The maximum absolute atomic E-state index is 11.8. The number of carboxylic acid groups (broad SMARTS) is 1. The number of hydrogen-bond donors (Lipinski definition) is 2. The first-order valence-corrected chi connectivity index (χ1v) is 5.52. The molecular weight excluding hydrogens is 210 g/mol. The minimum absolute atomic E-state index is 0.0545. The van der Waals surface area contributed by atoms with E-state index in [-0.39, 0.29) is 24.3 Å². The largest absolute Gasteiger partial charge is 0.479 e. The monoisotopic (exact) mass is 229 g/mol. The van der Waals surface area contributed by atoms with Crippen LogP contribution in [-0.2, 0) is 14.3 Å². The van der Waals surface area contributed by atoms with Crippen molar-refractivity contribution < 1.29 is 19.4 Å². The summed E-state index contributed by atoms with van der Waals surface area (Å²) in [5.74, 6) is -1.25. The molecule has 16 heavy (non-hydrogen) atoms. The molecule has 1 aliphatic rings. The number of amides is 1. The van der Waals surface area contributed by atoms with Gasteiger partial charge in [0.05, 0.1) is 6.61 Å². The van der Waals surface area contributed by atoms with Gasteiger partial charge in [-0.05, 0) is 5.92 Å². The van der Waals surface area contributed by atoms with E-state index in [1.54, 1.807) is 6.92 Å². The second kappa shape index (κ2) is 4.82. The molecule has 1 heterocycles. The van der Waals surface area contributed by atoms with Gasteiger partial charge >= 0.3 is 5.97 Å². The van der Waals surface area contributed by atoms with Gasteiger partial charge in [0.2, 0.25) is 5.91 Å². The Bertz CT molecular complexity index is 282. The van der Waals surface area contributed by atoms with E-state index in [0.29, 0.717) is 13.0 Å². The Morgan fingerprint density at radius 1 is 1.38 bits per heavy atom. The minimum Gasteiger partial charge on any atom is -0.479 e. The van der Waals surface area contributed by atoms with Crippen molar-refractivity contribution in [2.75, 3.05) is 13.2 Å². The average molecular weight is 229 g/mol. The molecule has 1 saturated heterocycles. The summed E-state index contributed by atoms with van der Waals surface area (Å²) in [7, 11) is 0. The molecule has 2 N–H and O–H groups in total. The van der Waals surface area contributed by atoms with E-state index in [4.69, 9.17) is 9.84 Å². The molecule has 0 aliphatic carbocycles. The van der Waals surface area contributed by atoms with Gasteiger partial charge in [-0.1, -0.05) is 20.8 Å². The SMILES string of the molecule is CC(C)C(C)C(=O)NC1(C(=O)O)CCOC1. The van der Waals surface area contributed by atoms with Crippen LogP contribution in [0.25, 0.3) is 0 Å². The fourth-order valence-electron chi connectivity index (χ4n) is 1.54. The third kappa shape index (κ3) is 2.52. The first-order valence-electron chi connectivity index (χ1n) is 5.52. The van der Waals surface area contributed by atoms with E-state index in [9.17, 15) is 9.59 Å². The summed E-state index contributed by atoms with van der Waals surface area (Å²) in [6.45, 7) is 6.10. The molecule has 2 atom stereocenters. The number of carboxylic acids is 1. The maximum atomic E-state index is 11.8. The lowest BCUT2D eigenvalue weighted by Crippen LogP contribution is -2.56. The molecule has 0 bridgehead atoms. The average Bonchev–Trinajstić information content (AvgIpc) is 2.66. The predicted octanol–water partition coefficient (Wildman–Crippen LogP) is 0.638. The molecule has 1 aliphatic heterocycles. The zero-order chi connectivity index (χ0) is 12.3. The standard InChI is InChI=1S/C11H19NO4/c1-7(2)8(3)9(13)12-11(10(14)15)4-5-16-6-11/h7-8H,4-6H2,1-3H3,(H,12,13)(H,14,15). The van der Waals surface area contributed by atoms with Crippen LogP contribution in [0, 0.1) is 11.8 Å². The minimum atomic E-state index is -1.22. The molecule has 0 radical (unpaired) electrons.